The van der Waals surface area contributed by atoms with Crippen LogP contribution >= 0.6 is 22.9 Å². The number of halogens is 1. The monoisotopic (exact) mass is 351 g/mol. The van der Waals surface area contributed by atoms with E-state index in [2.05, 4.69) is 5.10 Å². The molecule has 0 unspecified atom stereocenters. The average Bonchev–Trinajstić information content (AvgIpc) is 2.91. The average molecular weight is 352 g/mol. The Morgan fingerprint density at radius 3 is 2.65 bits per heavy atom. The zero-order valence-electron chi connectivity index (χ0n) is 12.6. The maximum Gasteiger partial charge on any atom is 0.325 e. The first-order chi connectivity index (χ1) is 11.1. The molecule has 0 atom stereocenters. The standard InChI is InChI=1S/C16H18ClN3O2S/c17-12-8-6-11(7-9-12)15-19-20(10-14(21)22)16(23-15)18-13-4-2-1-3-5-13/h6-9,13H,1-5,10H2,(H,21,22). The van der Waals surface area contributed by atoms with Gasteiger partial charge in [-0.2, -0.15) is 5.10 Å². The highest BCUT2D eigenvalue weighted by Crippen LogP contribution is 2.23. The van der Waals surface area contributed by atoms with Crippen molar-refractivity contribution < 1.29 is 9.90 Å². The Balaban J connectivity index is 1.97. The van der Waals surface area contributed by atoms with Crippen molar-refractivity contribution in [1.82, 2.24) is 9.78 Å². The van der Waals surface area contributed by atoms with Crippen LogP contribution in [0.1, 0.15) is 32.1 Å². The quantitative estimate of drug-likeness (QED) is 0.915. The van der Waals surface area contributed by atoms with Crippen molar-refractivity contribution in [3.05, 3.63) is 34.1 Å². The Morgan fingerprint density at radius 1 is 1.30 bits per heavy atom. The first kappa shape index (κ1) is 16.2. The minimum absolute atomic E-state index is 0.171. The number of aliphatic carboxylic acids is 1. The summed E-state index contributed by atoms with van der Waals surface area (Å²) in [4.78, 5) is 16.5. The molecule has 1 N–H and O–H groups in total. The lowest BCUT2D eigenvalue weighted by atomic mass is 9.96. The van der Waals surface area contributed by atoms with Crippen LogP contribution < -0.4 is 4.80 Å². The molecule has 1 aromatic heterocycles. The summed E-state index contributed by atoms with van der Waals surface area (Å²) < 4.78 is 1.49. The molecule has 7 heteroatoms. The zero-order valence-corrected chi connectivity index (χ0v) is 14.2. The minimum Gasteiger partial charge on any atom is -0.480 e. The first-order valence-electron chi connectivity index (χ1n) is 7.71. The molecule has 3 rings (SSSR count). The number of carboxylic acids is 1. The molecular formula is C16H18ClN3O2S. The van der Waals surface area contributed by atoms with E-state index in [0.717, 1.165) is 23.4 Å². The topological polar surface area (TPSA) is 67.5 Å². The number of carbonyl (C=O) groups is 1. The Morgan fingerprint density at radius 2 is 2.00 bits per heavy atom. The molecule has 0 aliphatic heterocycles. The second kappa shape index (κ2) is 7.27. The fourth-order valence-electron chi connectivity index (χ4n) is 2.71. The highest BCUT2D eigenvalue weighted by molar-refractivity contribution is 7.12. The summed E-state index contributed by atoms with van der Waals surface area (Å²) in [5.74, 6) is -0.914. The molecule has 1 saturated carbocycles. The Hall–Kier alpha value is -1.66. The normalized spacial score (nSPS) is 16.7. The predicted octanol–water partition coefficient (Wildman–Crippen LogP) is 3.58. The number of carboxylic acid groups (broad SMARTS) is 1. The van der Waals surface area contributed by atoms with Crippen LogP contribution in [0, 0.1) is 0 Å². The number of hydrogen-bond acceptors (Lipinski definition) is 4. The van der Waals surface area contributed by atoms with Crippen molar-refractivity contribution in [2.75, 3.05) is 0 Å². The Labute approximate surface area is 143 Å². The number of aromatic nitrogens is 2. The third-order valence-electron chi connectivity index (χ3n) is 3.86. The molecule has 5 nitrogen and oxygen atoms in total. The van der Waals surface area contributed by atoms with E-state index < -0.39 is 5.97 Å². The number of nitrogens with zero attached hydrogens (tertiary/aromatic N) is 3. The molecule has 23 heavy (non-hydrogen) atoms. The van der Waals surface area contributed by atoms with Crippen molar-refractivity contribution in [1.29, 1.82) is 0 Å². The van der Waals surface area contributed by atoms with Gasteiger partial charge in [0.1, 0.15) is 11.6 Å². The number of rotatable bonds is 4. The van der Waals surface area contributed by atoms with Gasteiger partial charge in [-0.1, -0.05) is 54.3 Å². The summed E-state index contributed by atoms with van der Waals surface area (Å²) in [6, 6.07) is 7.66. The van der Waals surface area contributed by atoms with Gasteiger partial charge in [0.05, 0.1) is 6.04 Å². The summed E-state index contributed by atoms with van der Waals surface area (Å²) in [6.45, 7) is -0.171. The summed E-state index contributed by atoms with van der Waals surface area (Å²) in [5, 5.41) is 15.0. The fourth-order valence-corrected chi connectivity index (χ4v) is 3.82. The van der Waals surface area contributed by atoms with Crippen molar-refractivity contribution in [2.45, 2.75) is 44.7 Å². The van der Waals surface area contributed by atoms with Crippen LogP contribution in [0.2, 0.25) is 5.02 Å². The fraction of sp³-hybridized carbons (Fsp3) is 0.438. The van der Waals surface area contributed by atoms with Gasteiger partial charge in [0, 0.05) is 10.6 Å². The van der Waals surface area contributed by atoms with Crippen molar-refractivity contribution >= 4 is 28.9 Å². The van der Waals surface area contributed by atoms with Crippen LogP contribution in [-0.2, 0) is 11.3 Å². The lowest BCUT2D eigenvalue weighted by Crippen LogP contribution is -2.24. The zero-order chi connectivity index (χ0) is 16.2. The lowest BCUT2D eigenvalue weighted by molar-refractivity contribution is -0.137. The third kappa shape index (κ3) is 4.20. The van der Waals surface area contributed by atoms with Crippen LogP contribution in [-0.4, -0.2) is 26.9 Å². The summed E-state index contributed by atoms with van der Waals surface area (Å²) >= 11 is 7.35. The number of hydrogen-bond donors (Lipinski definition) is 1. The molecular weight excluding hydrogens is 334 g/mol. The number of benzene rings is 1. The molecule has 0 radical (unpaired) electrons. The van der Waals surface area contributed by atoms with Crippen LogP contribution in [0.25, 0.3) is 10.6 Å². The van der Waals surface area contributed by atoms with E-state index >= 15 is 0 Å². The van der Waals surface area contributed by atoms with Gasteiger partial charge in [0.25, 0.3) is 0 Å². The van der Waals surface area contributed by atoms with E-state index in [9.17, 15) is 4.79 Å². The SMILES string of the molecule is O=C(O)Cn1nc(-c2ccc(Cl)cc2)sc1=NC1CCCCC1. The Bertz CT molecular complexity index is 745. The van der Waals surface area contributed by atoms with E-state index in [1.807, 2.05) is 12.1 Å². The third-order valence-corrected chi connectivity index (χ3v) is 5.13. The highest BCUT2D eigenvalue weighted by Gasteiger charge is 2.15. The van der Waals surface area contributed by atoms with E-state index in [1.165, 1.54) is 35.3 Å². The molecule has 0 amide bonds. The van der Waals surface area contributed by atoms with Crippen molar-refractivity contribution in [3.63, 3.8) is 0 Å². The van der Waals surface area contributed by atoms with Crippen LogP contribution in [0.5, 0.6) is 0 Å². The largest absolute Gasteiger partial charge is 0.480 e. The van der Waals surface area contributed by atoms with Crippen LogP contribution in [0.4, 0.5) is 0 Å². The molecule has 1 heterocycles. The molecule has 2 aromatic rings. The maximum atomic E-state index is 11.1. The van der Waals surface area contributed by atoms with Gasteiger partial charge in [-0.25, -0.2) is 4.68 Å². The van der Waals surface area contributed by atoms with Crippen molar-refractivity contribution in [2.24, 2.45) is 4.99 Å². The maximum absolute atomic E-state index is 11.1. The van der Waals surface area contributed by atoms with Crippen LogP contribution in [0.3, 0.4) is 0 Å². The van der Waals surface area contributed by atoms with Gasteiger partial charge >= 0.3 is 5.97 Å². The molecule has 122 valence electrons. The molecule has 1 aliphatic rings. The van der Waals surface area contributed by atoms with Gasteiger partial charge in [0.15, 0.2) is 0 Å². The summed E-state index contributed by atoms with van der Waals surface area (Å²) in [6.07, 6.45) is 5.79. The molecule has 0 spiro atoms. The summed E-state index contributed by atoms with van der Waals surface area (Å²) in [7, 11) is 0. The molecule has 1 aliphatic carbocycles. The van der Waals surface area contributed by atoms with Crippen LogP contribution in [0.15, 0.2) is 29.3 Å². The smallest absolute Gasteiger partial charge is 0.325 e. The van der Waals surface area contributed by atoms with Crippen molar-refractivity contribution in [3.8, 4) is 10.6 Å². The Kier molecular flexibility index (Phi) is 5.13. The molecule has 1 aromatic carbocycles. The highest BCUT2D eigenvalue weighted by atomic mass is 35.5. The van der Waals surface area contributed by atoms with E-state index in [4.69, 9.17) is 21.7 Å². The van der Waals surface area contributed by atoms with E-state index in [0.29, 0.717) is 9.82 Å². The second-order valence-electron chi connectivity index (χ2n) is 5.67. The molecule has 1 fully saturated rings. The van der Waals surface area contributed by atoms with E-state index in [-0.39, 0.29) is 12.6 Å². The minimum atomic E-state index is -0.914. The lowest BCUT2D eigenvalue weighted by Gasteiger charge is -2.16. The van der Waals surface area contributed by atoms with Gasteiger partial charge < -0.3 is 5.11 Å². The van der Waals surface area contributed by atoms with Gasteiger partial charge in [0.2, 0.25) is 4.80 Å². The van der Waals surface area contributed by atoms with Gasteiger partial charge in [-0.05, 0) is 25.0 Å². The van der Waals surface area contributed by atoms with E-state index in [1.54, 1.807) is 12.1 Å². The first-order valence-corrected chi connectivity index (χ1v) is 8.91. The van der Waals surface area contributed by atoms with Gasteiger partial charge in [-0.3, -0.25) is 9.79 Å². The molecule has 0 bridgehead atoms. The second-order valence-corrected chi connectivity index (χ2v) is 7.06. The summed E-state index contributed by atoms with van der Waals surface area (Å²) in [5.41, 5.74) is 0.920. The molecule has 0 saturated heterocycles. The van der Waals surface area contributed by atoms with Gasteiger partial charge in [-0.15, -0.1) is 0 Å². The predicted molar refractivity (Wildman–Crippen MR) is 90.6 cm³/mol.